The van der Waals surface area contributed by atoms with Crippen molar-refractivity contribution in [1.29, 1.82) is 0 Å². The molecule has 2 nitrogen and oxygen atoms in total. The number of aryl methyl sites for hydroxylation is 1. The first-order chi connectivity index (χ1) is 9.90. The molecule has 0 N–H and O–H groups in total. The summed E-state index contributed by atoms with van der Waals surface area (Å²) in [6.45, 7) is 4.17. The lowest BCUT2D eigenvalue weighted by Crippen LogP contribution is -1.96. The number of allylic oxidation sites excluding steroid dienone is 1. The Morgan fingerprint density at radius 1 is 1.00 bits per heavy atom. The van der Waals surface area contributed by atoms with E-state index in [0.29, 0.717) is 4.90 Å². The van der Waals surface area contributed by atoms with Crippen molar-refractivity contribution in [2.75, 3.05) is 6.26 Å². The van der Waals surface area contributed by atoms with Crippen LogP contribution in [0.4, 0.5) is 0 Å². The Labute approximate surface area is 127 Å². The van der Waals surface area contributed by atoms with Gasteiger partial charge in [0, 0.05) is 6.26 Å². The molecule has 0 aliphatic heterocycles. The molecule has 0 saturated carbocycles. The van der Waals surface area contributed by atoms with Gasteiger partial charge in [-0.05, 0) is 42.2 Å². The summed E-state index contributed by atoms with van der Waals surface area (Å²) in [5.74, 6) is 0. The quantitative estimate of drug-likeness (QED) is 0.787. The molecule has 2 aromatic rings. The first-order valence-electron chi connectivity index (χ1n) is 6.98. The Morgan fingerprint density at radius 2 is 1.57 bits per heavy atom. The highest BCUT2D eigenvalue weighted by Crippen LogP contribution is 2.23. The zero-order valence-corrected chi connectivity index (χ0v) is 13.4. The molecule has 0 saturated heterocycles. The van der Waals surface area contributed by atoms with Crippen LogP contribution in [0.15, 0.2) is 53.4 Å². The second-order valence-electron chi connectivity index (χ2n) is 5.23. The van der Waals surface area contributed by atoms with Crippen molar-refractivity contribution < 1.29 is 8.42 Å². The van der Waals surface area contributed by atoms with Gasteiger partial charge in [-0.1, -0.05) is 55.0 Å². The second-order valence-corrected chi connectivity index (χ2v) is 7.25. The molecule has 0 aliphatic carbocycles. The highest BCUT2D eigenvalue weighted by atomic mass is 32.2. The smallest absolute Gasteiger partial charge is 0.175 e. The molecule has 0 heterocycles. The Kier molecular flexibility index (Phi) is 4.63. The monoisotopic (exact) mass is 300 g/mol. The standard InChI is InChI=1S/C18H20O2S/c1-4-16(13-15-7-5-14(2)6-8-15)17-9-11-18(12-10-17)21(3,19)20/h5-13H,4H2,1-3H3/b16-13+. The van der Waals surface area contributed by atoms with Crippen LogP contribution in [0.3, 0.4) is 0 Å². The van der Waals surface area contributed by atoms with Gasteiger partial charge in [0.15, 0.2) is 9.84 Å². The van der Waals surface area contributed by atoms with Gasteiger partial charge < -0.3 is 0 Å². The van der Waals surface area contributed by atoms with E-state index in [-0.39, 0.29) is 0 Å². The van der Waals surface area contributed by atoms with Crippen LogP contribution in [0.5, 0.6) is 0 Å². The van der Waals surface area contributed by atoms with Crippen LogP contribution in [0.2, 0.25) is 0 Å². The van der Waals surface area contributed by atoms with Gasteiger partial charge in [-0.15, -0.1) is 0 Å². The second kappa shape index (κ2) is 6.27. The van der Waals surface area contributed by atoms with E-state index in [2.05, 4.69) is 44.2 Å². The fourth-order valence-electron chi connectivity index (χ4n) is 2.17. The van der Waals surface area contributed by atoms with Gasteiger partial charge in [-0.25, -0.2) is 8.42 Å². The third-order valence-corrected chi connectivity index (χ3v) is 4.58. The number of hydrogen-bond acceptors (Lipinski definition) is 2. The summed E-state index contributed by atoms with van der Waals surface area (Å²) in [5.41, 5.74) is 4.65. The van der Waals surface area contributed by atoms with E-state index in [4.69, 9.17) is 0 Å². The average molecular weight is 300 g/mol. The van der Waals surface area contributed by atoms with Crippen molar-refractivity contribution in [2.24, 2.45) is 0 Å². The Bertz CT molecular complexity index is 737. The number of rotatable bonds is 4. The molecule has 0 atom stereocenters. The molecule has 2 rings (SSSR count). The molecule has 0 bridgehead atoms. The van der Waals surface area contributed by atoms with Gasteiger partial charge >= 0.3 is 0 Å². The first-order valence-corrected chi connectivity index (χ1v) is 8.87. The zero-order valence-electron chi connectivity index (χ0n) is 12.6. The highest BCUT2D eigenvalue weighted by Gasteiger charge is 2.07. The molecule has 0 aromatic heterocycles. The highest BCUT2D eigenvalue weighted by molar-refractivity contribution is 7.90. The third kappa shape index (κ3) is 4.05. The van der Waals surface area contributed by atoms with E-state index < -0.39 is 9.84 Å². The summed E-state index contributed by atoms with van der Waals surface area (Å²) >= 11 is 0. The molecule has 0 spiro atoms. The summed E-state index contributed by atoms with van der Waals surface area (Å²) < 4.78 is 23.0. The molecule has 0 aliphatic rings. The van der Waals surface area contributed by atoms with Gasteiger partial charge in [-0.2, -0.15) is 0 Å². The van der Waals surface area contributed by atoms with Gasteiger partial charge in [0.2, 0.25) is 0 Å². The van der Waals surface area contributed by atoms with E-state index >= 15 is 0 Å². The van der Waals surface area contributed by atoms with E-state index in [9.17, 15) is 8.42 Å². The molecule has 0 fully saturated rings. The zero-order chi connectivity index (χ0) is 15.5. The summed E-state index contributed by atoms with van der Waals surface area (Å²) in [7, 11) is -3.14. The maximum Gasteiger partial charge on any atom is 0.175 e. The first kappa shape index (κ1) is 15.5. The van der Waals surface area contributed by atoms with E-state index in [1.54, 1.807) is 12.1 Å². The maximum absolute atomic E-state index is 11.5. The van der Waals surface area contributed by atoms with Crippen LogP contribution >= 0.6 is 0 Å². The fourth-order valence-corrected chi connectivity index (χ4v) is 2.80. The topological polar surface area (TPSA) is 34.1 Å². The lowest BCUT2D eigenvalue weighted by molar-refractivity contribution is 0.602. The lowest BCUT2D eigenvalue weighted by Gasteiger charge is -2.07. The summed E-state index contributed by atoms with van der Waals surface area (Å²) in [6.07, 6.45) is 4.27. The van der Waals surface area contributed by atoms with Crippen LogP contribution in [0, 0.1) is 6.92 Å². The largest absolute Gasteiger partial charge is 0.224 e. The SMILES string of the molecule is CC/C(=C\c1ccc(C)cc1)c1ccc(S(C)(=O)=O)cc1. The predicted molar refractivity (Wildman–Crippen MR) is 88.9 cm³/mol. The van der Waals surface area contributed by atoms with Crippen molar-refractivity contribution in [2.45, 2.75) is 25.2 Å². The minimum atomic E-state index is -3.14. The number of sulfone groups is 1. The van der Waals surface area contributed by atoms with E-state index in [1.165, 1.54) is 17.4 Å². The molecule has 2 aromatic carbocycles. The van der Waals surface area contributed by atoms with Gasteiger partial charge in [0.1, 0.15) is 0 Å². The van der Waals surface area contributed by atoms with Crippen LogP contribution in [0.1, 0.15) is 30.0 Å². The molecule has 21 heavy (non-hydrogen) atoms. The van der Waals surface area contributed by atoms with Crippen LogP contribution in [0.25, 0.3) is 11.6 Å². The number of benzene rings is 2. The van der Waals surface area contributed by atoms with E-state index in [1.807, 2.05) is 12.1 Å². The van der Waals surface area contributed by atoms with Crippen molar-refractivity contribution in [1.82, 2.24) is 0 Å². The van der Waals surface area contributed by atoms with Crippen molar-refractivity contribution in [3.05, 3.63) is 65.2 Å². The minimum absolute atomic E-state index is 0.358. The molecule has 3 heteroatoms. The van der Waals surface area contributed by atoms with Crippen LogP contribution < -0.4 is 0 Å². The summed E-state index contributed by atoms with van der Waals surface area (Å²) in [6, 6.07) is 15.5. The van der Waals surface area contributed by atoms with Crippen LogP contribution in [-0.4, -0.2) is 14.7 Å². The molecular formula is C18H20O2S. The molecular weight excluding hydrogens is 280 g/mol. The van der Waals surface area contributed by atoms with Gasteiger partial charge in [0.25, 0.3) is 0 Å². The van der Waals surface area contributed by atoms with Crippen molar-refractivity contribution in [3.63, 3.8) is 0 Å². The van der Waals surface area contributed by atoms with Crippen LogP contribution in [-0.2, 0) is 9.84 Å². The van der Waals surface area contributed by atoms with Gasteiger partial charge in [-0.3, -0.25) is 0 Å². The maximum atomic E-state index is 11.5. The van der Waals surface area contributed by atoms with Crippen molar-refractivity contribution >= 4 is 21.5 Å². The molecule has 0 amide bonds. The molecule has 110 valence electrons. The Hall–Kier alpha value is -1.87. The summed E-state index contributed by atoms with van der Waals surface area (Å²) in [4.78, 5) is 0.358. The third-order valence-electron chi connectivity index (χ3n) is 3.45. The average Bonchev–Trinajstić information content (AvgIpc) is 2.46. The summed E-state index contributed by atoms with van der Waals surface area (Å²) in [5, 5.41) is 0. The minimum Gasteiger partial charge on any atom is -0.224 e. The Morgan fingerprint density at radius 3 is 2.05 bits per heavy atom. The lowest BCUT2D eigenvalue weighted by atomic mass is 10.0. The van der Waals surface area contributed by atoms with Crippen molar-refractivity contribution in [3.8, 4) is 0 Å². The van der Waals surface area contributed by atoms with E-state index in [0.717, 1.165) is 17.5 Å². The normalized spacial score (nSPS) is 12.4. The number of hydrogen-bond donors (Lipinski definition) is 0. The predicted octanol–water partition coefficient (Wildman–Crippen LogP) is 4.35. The molecule has 0 radical (unpaired) electrons. The Balaban J connectivity index is 2.35. The molecule has 0 unspecified atom stereocenters. The fraction of sp³-hybridized carbons (Fsp3) is 0.222. The van der Waals surface area contributed by atoms with Gasteiger partial charge in [0.05, 0.1) is 4.90 Å².